The number of aliphatic imine (C=N–C) groups is 1. The SMILES string of the molecule is CCCCCCCCCCCCCc1ccc(Cl)c(N=C2NN(c3c(Cl)cc(Cl)cc3Cl)C(=O)C2n2nnc3cc(C#CC#CC#CC(=O)O)ccc32)c1. The fourth-order valence-electron chi connectivity index (χ4n) is 6.07. The molecule has 1 amide bonds. The number of aromatic nitrogens is 3. The van der Waals surface area contributed by atoms with Gasteiger partial charge in [0, 0.05) is 16.5 Å². The third-order valence-electron chi connectivity index (χ3n) is 8.74. The van der Waals surface area contributed by atoms with Gasteiger partial charge in [-0.05, 0) is 84.6 Å². The Morgan fingerprint density at radius 3 is 2.19 bits per heavy atom. The number of carbonyl (C=O) groups is 2. The van der Waals surface area contributed by atoms with Crippen molar-refractivity contribution in [2.45, 2.75) is 90.0 Å². The van der Waals surface area contributed by atoms with Crippen LogP contribution < -0.4 is 10.4 Å². The van der Waals surface area contributed by atoms with Crippen molar-refractivity contribution in [1.29, 1.82) is 0 Å². The van der Waals surface area contributed by atoms with Gasteiger partial charge in [-0.1, -0.05) is 135 Å². The van der Waals surface area contributed by atoms with Crippen LogP contribution in [0.25, 0.3) is 11.0 Å². The molecule has 0 radical (unpaired) electrons. The molecular formula is C41H38Cl4N6O3. The van der Waals surface area contributed by atoms with Crippen LogP contribution in [0.1, 0.15) is 94.7 Å². The molecule has 2 N–H and O–H groups in total. The van der Waals surface area contributed by atoms with Crippen molar-refractivity contribution < 1.29 is 14.7 Å². The van der Waals surface area contributed by atoms with E-state index in [1.54, 1.807) is 18.2 Å². The van der Waals surface area contributed by atoms with Gasteiger partial charge in [0.15, 0.2) is 11.9 Å². The smallest absolute Gasteiger partial charge is 0.382 e. The number of hydrogen-bond donors (Lipinski definition) is 2. The number of aliphatic carboxylic acids is 1. The maximum absolute atomic E-state index is 14.3. The number of rotatable bonds is 15. The van der Waals surface area contributed by atoms with Crippen LogP contribution in [0.5, 0.6) is 0 Å². The van der Waals surface area contributed by atoms with Gasteiger partial charge in [-0.3, -0.25) is 10.2 Å². The first-order chi connectivity index (χ1) is 26.2. The van der Waals surface area contributed by atoms with E-state index in [-0.39, 0.29) is 21.6 Å². The van der Waals surface area contributed by atoms with E-state index in [0.717, 1.165) is 24.8 Å². The Morgan fingerprint density at radius 2 is 1.50 bits per heavy atom. The number of anilines is 1. The molecular weight excluding hydrogens is 766 g/mol. The molecule has 0 aliphatic carbocycles. The van der Waals surface area contributed by atoms with Gasteiger partial charge in [-0.15, -0.1) is 5.10 Å². The summed E-state index contributed by atoms with van der Waals surface area (Å²) in [6.45, 7) is 2.25. The number of hydrogen-bond acceptors (Lipinski definition) is 5. The quantitative estimate of drug-likeness (QED) is 0.0914. The Labute approximate surface area is 335 Å². The predicted molar refractivity (Wildman–Crippen MR) is 217 cm³/mol. The summed E-state index contributed by atoms with van der Waals surface area (Å²) in [6.07, 6.45) is 14.8. The largest absolute Gasteiger partial charge is 0.472 e. The van der Waals surface area contributed by atoms with E-state index < -0.39 is 17.9 Å². The molecule has 3 aromatic carbocycles. The Morgan fingerprint density at radius 1 is 0.833 bits per heavy atom. The lowest BCUT2D eigenvalue weighted by Gasteiger charge is -2.19. The summed E-state index contributed by atoms with van der Waals surface area (Å²) in [6, 6.07) is 12.8. The normalized spacial score (nSPS) is 14.2. The van der Waals surface area contributed by atoms with Gasteiger partial charge in [0.1, 0.15) is 11.2 Å². The summed E-state index contributed by atoms with van der Waals surface area (Å²) >= 11 is 26.0. The average molecular weight is 805 g/mol. The lowest BCUT2D eigenvalue weighted by molar-refractivity contribution is -0.130. The molecule has 278 valence electrons. The molecule has 13 heteroatoms. The number of carboxylic acid groups (broad SMARTS) is 1. The summed E-state index contributed by atoms with van der Waals surface area (Å²) < 4.78 is 1.46. The Kier molecular flexibility index (Phi) is 15.1. The van der Waals surface area contributed by atoms with E-state index in [1.807, 2.05) is 24.1 Å². The third kappa shape index (κ3) is 10.9. The number of carboxylic acids is 1. The van der Waals surface area contributed by atoms with E-state index in [0.29, 0.717) is 32.3 Å². The number of unbranched alkanes of at least 4 members (excludes halogenated alkanes) is 10. The molecule has 1 fully saturated rings. The Bertz CT molecular complexity index is 2210. The number of nitrogens with one attached hydrogen (secondary N) is 1. The first-order valence-electron chi connectivity index (χ1n) is 17.9. The van der Waals surface area contributed by atoms with E-state index >= 15 is 0 Å². The van der Waals surface area contributed by atoms with Gasteiger partial charge in [-0.2, -0.15) is 0 Å². The zero-order valence-corrected chi connectivity index (χ0v) is 32.7. The number of amides is 1. The van der Waals surface area contributed by atoms with Crippen molar-refractivity contribution in [3.8, 4) is 35.5 Å². The standard InChI is InChI=1S/C41H38Cl4N6O3/c1-2-3-4-5-6-7-8-9-10-11-14-17-28-20-22-31(43)34(24-28)46-40-39(41(54)51(48-40)38-32(44)26-30(42)27-33(38)45)50-36-23-21-29(25-35(36)47-49-50)18-15-12-13-16-19-37(52)53/h20-27,39H,2-11,14,17H2,1H3,(H,46,48)(H,52,53). The third-order valence-corrected chi connectivity index (χ3v) is 9.86. The number of halogens is 4. The molecule has 1 unspecified atom stereocenters. The van der Waals surface area contributed by atoms with Crippen molar-refractivity contribution in [2.75, 3.05) is 5.01 Å². The van der Waals surface area contributed by atoms with Crippen LogP contribution >= 0.6 is 46.4 Å². The van der Waals surface area contributed by atoms with Gasteiger partial charge in [0.05, 0.1) is 26.3 Å². The molecule has 5 rings (SSSR count). The molecule has 0 saturated carbocycles. The van der Waals surface area contributed by atoms with Crippen molar-refractivity contribution >= 4 is 86.5 Å². The minimum atomic E-state index is -1.27. The number of benzene rings is 3. The van der Waals surface area contributed by atoms with Gasteiger partial charge in [0.2, 0.25) is 0 Å². The van der Waals surface area contributed by atoms with Crippen LogP contribution in [0.2, 0.25) is 20.1 Å². The van der Waals surface area contributed by atoms with E-state index in [9.17, 15) is 9.59 Å². The lowest BCUT2D eigenvalue weighted by atomic mass is 10.0. The minimum absolute atomic E-state index is 0.157. The molecule has 1 atom stereocenters. The van der Waals surface area contributed by atoms with Crippen LogP contribution in [0.15, 0.2) is 53.5 Å². The van der Waals surface area contributed by atoms with Gasteiger partial charge in [0.25, 0.3) is 5.91 Å². The van der Waals surface area contributed by atoms with Crippen molar-refractivity contribution in [3.05, 3.63) is 79.7 Å². The monoisotopic (exact) mass is 802 g/mol. The highest BCUT2D eigenvalue weighted by Crippen LogP contribution is 2.39. The van der Waals surface area contributed by atoms with Gasteiger partial charge < -0.3 is 5.11 Å². The molecule has 1 saturated heterocycles. The molecule has 54 heavy (non-hydrogen) atoms. The fraction of sp³-hybridized carbons (Fsp3) is 0.341. The minimum Gasteiger partial charge on any atom is -0.472 e. The number of amidine groups is 1. The van der Waals surface area contributed by atoms with E-state index in [2.05, 4.69) is 52.3 Å². The molecule has 2 heterocycles. The fourth-order valence-corrected chi connectivity index (χ4v) is 7.22. The molecule has 1 aromatic heterocycles. The lowest BCUT2D eigenvalue weighted by Crippen LogP contribution is -2.36. The molecule has 0 spiro atoms. The first kappa shape index (κ1) is 40.5. The second-order valence-corrected chi connectivity index (χ2v) is 14.4. The maximum Gasteiger partial charge on any atom is 0.382 e. The van der Waals surface area contributed by atoms with Crippen LogP contribution in [-0.4, -0.2) is 37.8 Å². The highest BCUT2D eigenvalue weighted by atomic mass is 35.5. The molecule has 1 aliphatic rings. The zero-order valence-electron chi connectivity index (χ0n) is 29.7. The zero-order chi connectivity index (χ0) is 38.5. The summed E-state index contributed by atoms with van der Waals surface area (Å²) in [5.74, 6) is 12.9. The van der Waals surface area contributed by atoms with Gasteiger partial charge >= 0.3 is 5.97 Å². The molecule has 1 aliphatic heterocycles. The van der Waals surface area contributed by atoms with Crippen molar-refractivity contribution in [2.24, 2.45) is 4.99 Å². The Balaban J connectivity index is 1.38. The number of aryl methyl sites for hydroxylation is 1. The molecule has 0 bridgehead atoms. The molecule has 4 aromatic rings. The topological polar surface area (TPSA) is 113 Å². The first-order valence-corrected chi connectivity index (χ1v) is 19.4. The summed E-state index contributed by atoms with van der Waals surface area (Å²) in [5.41, 5.74) is 6.44. The van der Waals surface area contributed by atoms with Crippen LogP contribution in [0.3, 0.4) is 0 Å². The van der Waals surface area contributed by atoms with E-state index in [1.165, 1.54) is 79.6 Å². The number of carbonyl (C=O) groups excluding carboxylic acids is 1. The van der Waals surface area contributed by atoms with Crippen LogP contribution in [-0.2, 0) is 16.0 Å². The van der Waals surface area contributed by atoms with Crippen molar-refractivity contribution in [1.82, 2.24) is 20.4 Å². The average Bonchev–Trinajstić information content (AvgIpc) is 3.68. The maximum atomic E-state index is 14.3. The van der Waals surface area contributed by atoms with Crippen molar-refractivity contribution in [3.63, 3.8) is 0 Å². The van der Waals surface area contributed by atoms with Crippen LogP contribution in [0.4, 0.5) is 11.4 Å². The van der Waals surface area contributed by atoms with E-state index in [4.69, 9.17) is 56.5 Å². The highest BCUT2D eigenvalue weighted by Gasteiger charge is 2.43. The second kappa shape index (κ2) is 20.1. The Hall–Kier alpha value is -4.69. The summed E-state index contributed by atoms with van der Waals surface area (Å²) in [7, 11) is 0. The number of hydrazine groups is 1. The second-order valence-electron chi connectivity index (χ2n) is 12.8. The summed E-state index contributed by atoms with van der Waals surface area (Å²) in [5, 5.41) is 19.5. The predicted octanol–water partition coefficient (Wildman–Crippen LogP) is 10.2. The molecule has 9 nitrogen and oxygen atoms in total. The van der Waals surface area contributed by atoms with Crippen LogP contribution in [0, 0.1) is 35.5 Å². The van der Waals surface area contributed by atoms with Gasteiger partial charge in [-0.25, -0.2) is 19.5 Å². The number of fused-ring (bicyclic) bond motifs is 1. The number of nitrogens with zero attached hydrogens (tertiary/aromatic N) is 5. The highest BCUT2D eigenvalue weighted by molar-refractivity contribution is 6.43. The summed E-state index contributed by atoms with van der Waals surface area (Å²) in [4.78, 5) is 29.7.